The fourth-order valence-corrected chi connectivity index (χ4v) is 3.51. The van der Waals surface area contributed by atoms with Crippen molar-refractivity contribution < 1.29 is 23.9 Å². The van der Waals surface area contributed by atoms with Crippen LogP contribution in [0.1, 0.15) is 31.9 Å². The van der Waals surface area contributed by atoms with E-state index >= 15 is 0 Å². The van der Waals surface area contributed by atoms with Crippen LogP contribution in [-0.2, 0) is 9.59 Å². The summed E-state index contributed by atoms with van der Waals surface area (Å²) < 4.78 is 10.3. The lowest BCUT2D eigenvalue weighted by atomic mass is 9.95. The van der Waals surface area contributed by atoms with E-state index < -0.39 is 18.0 Å². The molecule has 0 aliphatic carbocycles. The van der Waals surface area contributed by atoms with Gasteiger partial charge in [-0.05, 0) is 47.9 Å². The van der Waals surface area contributed by atoms with Gasteiger partial charge in [-0.15, -0.1) is 0 Å². The quantitative estimate of drug-likeness (QED) is 0.634. The molecule has 3 rings (SSSR count). The lowest BCUT2D eigenvalue weighted by Gasteiger charge is -2.23. The fraction of sp³-hybridized carbons (Fsp3) is 0.348. The van der Waals surface area contributed by atoms with E-state index in [1.54, 1.807) is 31.4 Å². The number of benzene rings is 2. The summed E-state index contributed by atoms with van der Waals surface area (Å²) in [5.41, 5.74) is 1.36. The van der Waals surface area contributed by atoms with Gasteiger partial charge in [0.05, 0.1) is 32.4 Å². The van der Waals surface area contributed by atoms with Gasteiger partial charge in [0, 0.05) is 0 Å². The Bertz CT molecular complexity index is 941. The van der Waals surface area contributed by atoms with Crippen molar-refractivity contribution in [2.45, 2.75) is 32.4 Å². The minimum Gasteiger partial charge on any atom is -0.497 e. The number of amides is 4. The van der Waals surface area contributed by atoms with Crippen LogP contribution >= 0.6 is 0 Å². The van der Waals surface area contributed by atoms with Crippen LogP contribution in [0.5, 0.6) is 11.5 Å². The third-order valence-corrected chi connectivity index (χ3v) is 5.20. The molecule has 1 aliphatic rings. The molecule has 0 bridgehead atoms. The van der Waals surface area contributed by atoms with E-state index in [0.29, 0.717) is 11.4 Å². The molecule has 0 radical (unpaired) electrons. The number of nitrogens with zero attached hydrogens (tertiary/aromatic N) is 1. The molecule has 1 fully saturated rings. The monoisotopic (exact) mass is 425 g/mol. The van der Waals surface area contributed by atoms with Crippen molar-refractivity contribution >= 4 is 23.5 Å². The third-order valence-electron chi connectivity index (χ3n) is 5.20. The number of anilines is 1. The summed E-state index contributed by atoms with van der Waals surface area (Å²) in [6, 6.07) is 12.3. The highest BCUT2D eigenvalue weighted by Crippen LogP contribution is 2.26. The molecule has 8 nitrogen and oxygen atoms in total. The van der Waals surface area contributed by atoms with Gasteiger partial charge in [-0.2, -0.15) is 0 Å². The van der Waals surface area contributed by atoms with Crippen molar-refractivity contribution in [3.05, 3.63) is 54.1 Å². The summed E-state index contributed by atoms with van der Waals surface area (Å²) in [7, 11) is 3.13. The van der Waals surface area contributed by atoms with Crippen LogP contribution in [0.3, 0.4) is 0 Å². The van der Waals surface area contributed by atoms with Crippen LogP contribution in [0.15, 0.2) is 48.5 Å². The zero-order valence-corrected chi connectivity index (χ0v) is 18.0. The van der Waals surface area contributed by atoms with Gasteiger partial charge in [0.15, 0.2) is 0 Å². The summed E-state index contributed by atoms with van der Waals surface area (Å²) in [4.78, 5) is 38.9. The highest BCUT2D eigenvalue weighted by atomic mass is 16.5. The Balaban J connectivity index is 1.67. The van der Waals surface area contributed by atoms with Crippen molar-refractivity contribution in [1.82, 2.24) is 10.6 Å². The summed E-state index contributed by atoms with van der Waals surface area (Å²) in [5, 5.41) is 5.58. The maximum absolute atomic E-state index is 12.8. The molecule has 2 aromatic carbocycles. The van der Waals surface area contributed by atoms with Gasteiger partial charge in [0.1, 0.15) is 17.5 Å². The lowest BCUT2D eigenvalue weighted by molar-refractivity contribution is -0.126. The molecule has 0 spiro atoms. The smallest absolute Gasteiger partial charge is 0.329 e. The van der Waals surface area contributed by atoms with E-state index in [1.165, 1.54) is 7.11 Å². The molecule has 164 valence electrons. The zero-order valence-electron chi connectivity index (χ0n) is 18.0. The molecule has 1 unspecified atom stereocenters. The molecule has 0 aromatic heterocycles. The Morgan fingerprint density at radius 3 is 2.06 bits per heavy atom. The second-order valence-corrected chi connectivity index (χ2v) is 7.64. The van der Waals surface area contributed by atoms with Gasteiger partial charge in [-0.3, -0.25) is 9.59 Å². The van der Waals surface area contributed by atoms with Crippen LogP contribution in [0, 0.1) is 5.92 Å². The van der Waals surface area contributed by atoms with Gasteiger partial charge in [-0.1, -0.05) is 26.0 Å². The molecule has 8 heteroatoms. The number of carbonyl (C=O) groups is 3. The van der Waals surface area contributed by atoms with E-state index in [9.17, 15) is 14.4 Å². The molecule has 1 aliphatic heterocycles. The Morgan fingerprint density at radius 2 is 1.55 bits per heavy atom. The van der Waals surface area contributed by atoms with Crippen molar-refractivity contribution in [3.8, 4) is 11.5 Å². The van der Waals surface area contributed by atoms with Crippen LogP contribution in [0.2, 0.25) is 0 Å². The van der Waals surface area contributed by atoms with E-state index in [1.807, 2.05) is 38.1 Å². The zero-order chi connectivity index (χ0) is 22.5. The maximum atomic E-state index is 12.8. The molecule has 0 saturated carbocycles. The minimum atomic E-state index is -0.918. The van der Waals surface area contributed by atoms with Gasteiger partial charge in [0.25, 0.3) is 5.91 Å². The molecule has 2 N–H and O–H groups in total. The first-order valence-electron chi connectivity index (χ1n) is 10.1. The Hall–Kier alpha value is -3.55. The normalized spacial score (nSPS) is 16.8. The SMILES string of the molecule is COc1ccc(C(NC(=O)C[C@@H]2NC(=O)N(c3ccc(OC)cc3)C2=O)C(C)C)cc1. The molecule has 31 heavy (non-hydrogen) atoms. The van der Waals surface area contributed by atoms with Crippen LogP contribution in [0.4, 0.5) is 10.5 Å². The standard InChI is InChI=1S/C23H27N3O5/c1-14(2)21(15-5-9-17(30-3)10-6-15)25-20(27)13-19-22(28)26(23(29)24-19)16-7-11-18(31-4)12-8-16/h5-12,14,19,21H,13H2,1-4H3,(H,24,29)(H,25,27)/t19-,21?/m0/s1. The Kier molecular flexibility index (Phi) is 6.79. The predicted molar refractivity (Wildman–Crippen MR) is 116 cm³/mol. The Morgan fingerprint density at radius 1 is 1.00 bits per heavy atom. The number of carbonyl (C=O) groups excluding carboxylic acids is 3. The molecule has 1 saturated heterocycles. The predicted octanol–water partition coefficient (Wildman–Crippen LogP) is 3.03. The number of imide groups is 1. The first kappa shape index (κ1) is 22.1. The van der Waals surface area contributed by atoms with Gasteiger partial charge >= 0.3 is 6.03 Å². The second kappa shape index (κ2) is 9.51. The number of methoxy groups -OCH3 is 2. The number of rotatable bonds is 8. The summed E-state index contributed by atoms with van der Waals surface area (Å²) in [6.45, 7) is 4.01. The average Bonchev–Trinajstić information content (AvgIpc) is 3.04. The fourth-order valence-electron chi connectivity index (χ4n) is 3.51. The van der Waals surface area contributed by atoms with Gasteiger partial charge in [0.2, 0.25) is 5.91 Å². The lowest BCUT2D eigenvalue weighted by Crippen LogP contribution is -2.39. The number of ether oxygens (including phenoxy) is 2. The first-order valence-corrected chi connectivity index (χ1v) is 10.1. The molecule has 2 aromatic rings. The van der Waals surface area contributed by atoms with Crippen LogP contribution < -0.4 is 25.0 Å². The number of hydrogen-bond acceptors (Lipinski definition) is 5. The van der Waals surface area contributed by atoms with E-state index in [-0.39, 0.29) is 24.3 Å². The summed E-state index contributed by atoms with van der Waals surface area (Å²) in [5.74, 6) is 0.697. The van der Waals surface area contributed by atoms with Crippen molar-refractivity contribution in [2.75, 3.05) is 19.1 Å². The van der Waals surface area contributed by atoms with Gasteiger partial charge in [-0.25, -0.2) is 9.69 Å². The highest BCUT2D eigenvalue weighted by molar-refractivity contribution is 6.22. The number of nitrogens with one attached hydrogen (secondary N) is 2. The third kappa shape index (κ3) is 4.96. The highest BCUT2D eigenvalue weighted by Gasteiger charge is 2.40. The van der Waals surface area contributed by atoms with Crippen molar-refractivity contribution in [2.24, 2.45) is 5.92 Å². The van der Waals surface area contributed by atoms with E-state index in [0.717, 1.165) is 16.2 Å². The minimum absolute atomic E-state index is 0.127. The second-order valence-electron chi connectivity index (χ2n) is 7.64. The number of urea groups is 1. The van der Waals surface area contributed by atoms with Crippen molar-refractivity contribution in [3.63, 3.8) is 0 Å². The molecular formula is C23H27N3O5. The Labute approximate surface area is 181 Å². The molecule has 1 heterocycles. The summed E-state index contributed by atoms with van der Waals surface area (Å²) >= 11 is 0. The first-order chi connectivity index (χ1) is 14.8. The van der Waals surface area contributed by atoms with E-state index in [4.69, 9.17) is 9.47 Å². The molecular weight excluding hydrogens is 398 g/mol. The maximum Gasteiger partial charge on any atom is 0.329 e. The van der Waals surface area contributed by atoms with E-state index in [2.05, 4.69) is 10.6 Å². The summed E-state index contributed by atoms with van der Waals surface area (Å²) in [6.07, 6.45) is -0.142. The number of hydrogen-bond donors (Lipinski definition) is 2. The van der Waals surface area contributed by atoms with Crippen molar-refractivity contribution in [1.29, 1.82) is 0 Å². The molecule has 2 atom stereocenters. The largest absolute Gasteiger partial charge is 0.497 e. The average molecular weight is 425 g/mol. The van der Waals surface area contributed by atoms with Crippen LogP contribution in [-0.4, -0.2) is 38.1 Å². The molecule has 4 amide bonds. The van der Waals surface area contributed by atoms with Gasteiger partial charge < -0.3 is 20.1 Å². The van der Waals surface area contributed by atoms with Crippen LogP contribution in [0.25, 0.3) is 0 Å². The topological polar surface area (TPSA) is 97.0 Å².